The van der Waals surface area contributed by atoms with Crippen molar-refractivity contribution in [3.8, 4) is 0 Å². The van der Waals surface area contributed by atoms with E-state index in [0.717, 1.165) is 8.66 Å². The van der Waals surface area contributed by atoms with Crippen LogP contribution in [0.5, 0.6) is 0 Å². The highest BCUT2D eigenvalue weighted by Gasteiger charge is 2.20. The highest BCUT2D eigenvalue weighted by atomic mass is 79.9. The van der Waals surface area contributed by atoms with Gasteiger partial charge in [-0.05, 0) is 28.1 Å². The lowest BCUT2D eigenvalue weighted by molar-refractivity contribution is -0.128. The lowest BCUT2D eigenvalue weighted by Gasteiger charge is -2.16. The van der Waals surface area contributed by atoms with Gasteiger partial charge in [-0.3, -0.25) is 4.79 Å². The minimum atomic E-state index is -0.311. The molecule has 0 aliphatic rings. The van der Waals surface area contributed by atoms with E-state index in [4.69, 9.17) is 0 Å². The summed E-state index contributed by atoms with van der Waals surface area (Å²) in [5, 5.41) is 2.90. The Morgan fingerprint density at radius 1 is 1.50 bits per heavy atom. The van der Waals surface area contributed by atoms with Crippen LogP contribution < -0.4 is 5.32 Å². The Kier molecular flexibility index (Phi) is 3.72. The zero-order chi connectivity index (χ0) is 10.8. The first-order valence-corrected chi connectivity index (χ1v) is 6.03. The highest BCUT2D eigenvalue weighted by molar-refractivity contribution is 9.11. The van der Waals surface area contributed by atoms with Crippen LogP contribution in [-0.4, -0.2) is 5.91 Å². The minimum absolute atomic E-state index is 0.0852. The maximum absolute atomic E-state index is 11.5. The van der Waals surface area contributed by atoms with Crippen LogP contribution in [0.4, 0.5) is 0 Å². The van der Waals surface area contributed by atoms with Crippen LogP contribution in [-0.2, 0) is 11.3 Å². The van der Waals surface area contributed by atoms with Gasteiger partial charge in [-0.25, -0.2) is 0 Å². The van der Waals surface area contributed by atoms with Gasteiger partial charge in [-0.2, -0.15) is 0 Å². The maximum atomic E-state index is 11.5. The predicted octanol–water partition coefficient (Wildman–Crippen LogP) is 3.17. The highest BCUT2D eigenvalue weighted by Crippen LogP contribution is 2.22. The smallest absolute Gasteiger partial charge is 0.225 e. The van der Waals surface area contributed by atoms with Crippen molar-refractivity contribution in [2.45, 2.75) is 27.3 Å². The molecule has 1 amide bonds. The van der Waals surface area contributed by atoms with Gasteiger partial charge in [0.2, 0.25) is 5.91 Å². The lowest BCUT2D eigenvalue weighted by Crippen LogP contribution is -2.34. The summed E-state index contributed by atoms with van der Waals surface area (Å²) >= 11 is 5.03. The molecule has 0 fully saturated rings. The number of carbonyl (C=O) groups excluding carboxylic acids is 1. The lowest BCUT2D eigenvalue weighted by atomic mass is 9.96. The molecule has 0 spiro atoms. The quantitative estimate of drug-likeness (QED) is 0.883. The maximum Gasteiger partial charge on any atom is 0.225 e. The molecule has 1 heterocycles. The summed E-state index contributed by atoms with van der Waals surface area (Å²) in [6.45, 7) is 6.35. The average molecular weight is 276 g/mol. The van der Waals surface area contributed by atoms with Crippen LogP contribution in [0.3, 0.4) is 0 Å². The zero-order valence-corrected chi connectivity index (χ0v) is 11.0. The second-order valence-electron chi connectivity index (χ2n) is 4.14. The van der Waals surface area contributed by atoms with E-state index in [-0.39, 0.29) is 11.3 Å². The number of amides is 1. The molecule has 14 heavy (non-hydrogen) atoms. The molecule has 0 aliphatic heterocycles. The van der Waals surface area contributed by atoms with Gasteiger partial charge >= 0.3 is 0 Å². The van der Waals surface area contributed by atoms with Crippen molar-refractivity contribution in [3.63, 3.8) is 0 Å². The van der Waals surface area contributed by atoms with Crippen LogP contribution in [0.1, 0.15) is 25.6 Å². The Labute approximate surface area is 96.8 Å². The van der Waals surface area contributed by atoms with Gasteiger partial charge in [0.25, 0.3) is 0 Å². The summed E-state index contributed by atoms with van der Waals surface area (Å²) in [5.74, 6) is 0.0852. The Bertz CT molecular complexity index is 327. The summed E-state index contributed by atoms with van der Waals surface area (Å²) in [7, 11) is 0. The first-order chi connectivity index (χ1) is 6.39. The van der Waals surface area contributed by atoms with Crippen molar-refractivity contribution in [3.05, 3.63) is 20.8 Å². The van der Waals surface area contributed by atoms with Crippen LogP contribution in [0.15, 0.2) is 15.9 Å². The number of nitrogens with one attached hydrogen (secondary N) is 1. The Balaban J connectivity index is 2.46. The van der Waals surface area contributed by atoms with Crippen molar-refractivity contribution in [1.29, 1.82) is 0 Å². The third-order valence-electron chi connectivity index (χ3n) is 1.73. The van der Waals surface area contributed by atoms with Crippen molar-refractivity contribution >= 4 is 33.2 Å². The molecule has 0 saturated heterocycles. The van der Waals surface area contributed by atoms with Crippen LogP contribution >= 0.6 is 27.3 Å². The van der Waals surface area contributed by atoms with E-state index in [2.05, 4.69) is 21.2 Å². The fourth-order valence-electron chi connectivity index (χ4n) is 0.879. The second-order valence-corrected chi connectivity index (χ2v) is 6.69. The summed E-state index contributed by atoms with van der Waals surface area (Å²) in [5.41, 5.74) is -0.311. The summed E-state index contributed by atoms with van der Waals surface area (Å²) in [4.78, 5) is 12.7. The van der Waals surface area contributed by atoms with E-state index >= 15 is 0 Å². The number of hydrogen-bond acceptors (Lipinski definition) is 2. The van der Waals surface area contributed by atoms with Crippen LogP contribution in [0.2, 0.25) is 0 Å². The van der Waals surface area contributed by atoms with Crippen LogP contribution in [0, 0.1) is 5.41 Å². The van der Waals surface area contributed by atoms with Gasteiger partial charge in [0.05, 0.1) is 10.3 Å². The van der Waals surface area contributed by atoms with Gasteiger partial charge in [0.15, 0.2) is 0 Å². The average Bonchev–Trinajstić information content (AvgIpc) is 2.45. The number of carbonyl (C=O) groups is 1. The molecule has 0 unspecified atom stereocenters. The van der Waals surface area contributed by atoms with E-state index < -0.39 is 0 Å². The van der Waals surface area contributed by atoms with Crippen molar-refractivity contribution in [1.82, 2.24) is 5.32 Å². The predicted molar refractivity (Wildman–Crippen MR) is 63.3 cm³/mol. The Morgan fingerprint density at radius 3 is 2.57 bits per heavy atom. The molecule has 0 aliphatic carbocycles. The summed E-state index contributed by atoms with van der Waals surface area (Å²) < 4.78 is 1.09. The number of hydrogen-bond donors (Lipinski definition) is 1. The second kappa shape index (κ2) is 4.45. The van der Waals surface area contributed by atoms with Gasteiger partial charge in [0, 0.05) is 10.3 Å². The number of rotatable bonds is 2. The number of halogens is 1. The SMILES string of the molecule is CC(C)(C)C(=O)NCc1ccc(Br)s1. The molecule has 0 aromatic carbocycles. The molecule has 4 heteroatoms. The molecule has 78 valence electrons. The third-order valence-corrected chi connectivity index (χ3v) is 3.36. The van der Waals surface area contributed by atoms with E-state index in [1.165, 1.54) is 0 Å². The zero-order valence-electron chi connectivity index (χ0n) is 8.56. The molecule has 0 saturated carbocycles. The molecule has 1 aromatic rings. The first-order valence-electron chi connectivity index (χ1n) is 4.42. The number of thiophene rings is 1. The van der Waals surface area contributed by atoms with Gasteiger partial charge in [0.1, 0.15) is 0 Å². The van der Waals surface area contributed by atoms with Crippen LogP contribution in [0.25, 0.3) is 0 Å². The molecular formula is C10H14BrNOS. The molecule has 1 rings (SSSR count). The topological polar surface area (TPSA) is 29.1 Å². The summed E-state index contributed by atoms with van der Waals surface area (Å²) in [6, 6.07) is 4.00. The Morgan fingerprint density at radius 2 is 2.14 bits per heavy atom. The molecular weight excluding hydrogens is 262 g/mol. The normalized spacial score (nSPS) is 11.4. The van der Waals surface area contributed by atoms with Crippen molar-refractivity contribution in [2.24, 2.45) is 5.41 Å². The van der Waals surface area contributed by atoms with Gasteiger partial charge in [-0.1, -0.05) is 20.8 Å². The molecule has 0 bridgehead atoms. The molecule has 1 N–H and O–H groups in total. The Hall–Kier alpha value is -0.350. The van der Waals surface area contributed by atoms with Crippen molar-refractivity contribution in [2.75, 3.05) is 0 Å². The van der Waals surface area contributed by atoms with Gasteiger partial charge < -0.3 is 5.32 Å². The summed E-state index contributed by atoms with van der Waals surface area (Å²) in [6.07, 6.45) is 0. The fourth-order valence-corrected chi connectivity index (χ4v) is 2.30. The van der Waals surface area contributed by atoms with E-state index in [1.807, 2.05) is 32.9 Å². The fraction of sp³-hybridized carbons (Fsp3) is 0.500. The minimum Gasteiger partial charge on any atom is -0.351 e. The molecule has 1 aromatic heterocycles. The molecule has 2 nitrogen and oxygen atoms in total. The van der Waals surface area contributed by atoms with E-state index in [0.29, 0.717) is 6.54 Å². The monoisotopic (exact) mass is 275 g/mol. The van der Waals surface area contributed by atoms with E-state index in [1.54, 1.807) is 11.3 Å². The largest absolute Gasteiger partial charge is 0.351 e. The van der Waals surface area contributed by atoms with E-state index in [9.17, 15) is 4.79 Å². The van der Waals surface area contributed by atoms with Gasteiger partial charge in [-0.15, -0.1) is 11.3 Å². The van der Waals surface area contributed by atoms with Crippen molar-refractivity contribution < 1.29 is 4.79 Å². The molecule has 0 radical (unpaired) electrons. The standard InChI is InChI=1S/C10H14BrNOS/c1-10(2,3)9(13)12-6-7-4-5-8(11)14-7/h4-5H,6H2,1-3H3,(H,12,13). The third kappa shape index (κ3) is 3.42. The first kappa shape index (κ1) is 11.7. The molecule has 0 atom stereocenters.